The first kappa shape index (κ1) is 21.0. The van der Waals surface area contributed by atoms with Crippen molar-refractivity contribution < 1.29 is 9.84 Å². The van der Waals surface area contributed by atoms with Crippen molar-refractivity contribution >= 4 is 0 Å². The third-order valence-electron chi connectivity index (χ3n) is 5.68. The summed E-state index contributed by atoms with van der Waals surface area (Å²) in [6, 6.07) is 0. The summed E-state index contributed by atoms with van der Waals surface area (Å²) in [6.45, 7) is 16.7. The van der Waals surface area contributed by atoms with Crippen LogP contribution in [0.25, 0.3) is 0 Å². The summed E-state index contributed by atoms with van der Waals surface area (Å²) in [5.74, 6) is 0.649. The second kappa shape index (κ2) is 8.85. The first-order valence-corrected chi connectivity index (χ1v) is 9.87. The van der Waals surface area contributed by atoms with Crippen LogP contribution in [0.15, 0.2) is 0 Å². The third kappa shape index (κ3) is 6.74. The van der Waals surface area contributed by atoms with Crippen molar-refractivity contribution in [2.75, 3.05) is 6.61 Å². The van der Waals surface area contributed by atoms with Crippen molar-refractivity contribution in [3.8, 4) is 0 Å². The van der Waals surface area contributed by atoms with E-state index < -0.39 is 0 Å². The summed E-state index contributed by atoms with van der Waals surface area (Å²) < 4.78 is 6.25. The van der Waals surface area contributed by atoms with Gasteiger partial charge >= 0.3 is 0 Å². The van der Waals surface area contributed by atoms with E-state index in [2.05, 4.69) is 48.5 Å². The van der Waals surface area contributed by atoms with Gasteiger partial charge < -0.3 is 9.84 Å². The highest BCUT2D eigenvalue weighted by atomic mass is 16.5. The van der Waals surface area contributed by atoms with Gasteiger partial charge in [-0.1, -0.05) is 74.1 Å². The lowest BCUT2D eigenvalue weighted by molar-refractivity contribution is -0.120. The average molecular weight is 327 g/mol. The quantitative estimate of drug-likeness (QED) is 0.597. The van der Waals surface area contributed by atoms with E-state index in [-0.39, 0.29) is 16.9 Å². The fourth-order valence-corrected chi connectivity index (χ4v) is 4.05. The molecule has 1 N–H and O–H groups in total. The second-order valence-electron chi connectivity index (χ2n) is 9.81. The Balaban J connectivity index is 2.59. The summed E-state index contributed by atoms with van der Waals surface area (Å²) >= 11 is 0. The maximum Gasteiger partial charge on any atom is 0.0608 e. The Bertz CT molecular complexity index is 300. The van der Waals surface area contributed by atoms with Gasteiger partial charge in [0.15, 0.2) is 0 Å². The molecule has 2 heteroatoms. The summed E-state index contributed by atoms with van der Waals surface area (Å²) in [5.41, 5.74) is 0.262. The van der Waals surface area contributed by atoms with Crippen LogP contribution in [0.5, 0.6) is 0 Å². The van der Waals surface area contributed by atoms with Crippen LogP contribution in [-0.4, -0.2) is 23.9 Å². The number of aliphatic hydroxyl groups is 1. The molecule has 0 amide bonds. The van der Waals surface area contributed by atoms with Crippen LogP contribution in [0.1, 0.15) is 93.4 Å². The molecular formula is C21H42O2. The van der Waals surface area contributed by atoms with Crippen molar-refractivity contribution in [2.45, 2.75) is 106 Å². The molecule has 0 radical (unpaired) electrons. The molecule has 138 valence electrons. The molecule has 1 fully saturated rings. The maximum atomic E-state index is 10.9. The number of aliphatic hydroxyl groups excluding tert-OH is 1. The standard InChI is InChI=1S/C21H42O2/c1-8-9-10-11-12-13-23-16-14-17(20(2,3)4)19(22)18(15-16)21(5,6)7/h16-19,22H,8-15H2,1-7H3. The summed E-state index contributed by atoms with van der Waals surface area (Å²) in [7, 11) is 0. The summed E-state index contributed by atoms with van der Waals surface area (Å²) in [5, 5.41) is 10.9. The van der Waals surface area contributed by atoms with Gasteiger partial charge in [0.2, 0.25) is 0 Å². The van der Waals surface area contributed by atoms with E-state index in [1.165, 1.54) is 32.1 Å². The second-order valence-corrected chi connectivity index (χ2v) is 9.81. The molecule has 2 nitrogen and oxygen atoms in total. The Morgan fingerprint density at radius 3 is 1.74 bits per heavy atom. The predicted molar refractivity (Wildman–Crippen MR) is 99.6 cm³/mol. The molecule has 0 saturated heterocycles. The van der Waals surface area contributed by atoms with Gasteiger partial charge in [0.25, 0.3) is 0 Å². The van der Waals surface area contributed by atoms with E-state index >= 15 is 0 Å². The van der Waals surface area contributed by atoms with Crippen molar-refractivity contribution in [3.05, 3.63) is 0 Å². The van der Waals surface area contributed by atoms with Crippen LogP contribution in [0.2, 0.25) is 0 Å². The zero-order chi connectivity index (χ0) is 17.7. The molecule has 0 aromatic carbocycles. The molecule has 1 saturated carbocycles. The lowest BCUT2D eigenvalue weighted by atomic mass is 9.60. The molecule has 0 aromatic rings. The average Bonchev–Trinajstić information content (AvgIpc) is 2.41. The van der Waals surface area contributed by atoms with Gasteiger partial charge in [0, 0.05) is 6.61 Å². The van der Waals surface area contributed by atoms with Crippen molar-refractivity contribution in [2.24, 2.45) is 22.7 Å². The molecule has 1 aliphatic carbocycles. The van der Waals surface area contributed by atoms with Crippen LogP contribution in [0.4, 0.5) is 0 Å². The number of unbranched alkanes of at least 4 members (excludes halogenated alkanes) is 4. The number of ether oxygens (including phenoxy) is 1. The first-order valence-electron chi connectivity index (χ1n) is 9.87. The predicted octanol–water partition coefficient (Wildman–Crippen LogP) is 5.82. The zero-order valence-electron chi connectivity index (χ0n) is 16.8. The molecule has 0 heterocycles. The Morgan fingerprint density at radius 1 is 0.826 bits per heavy atom. The van der Waals surface area contributed by atoms with E-state index in [9.17, 15) is 5.11 Å². The molecule has 1 aliphatic rings. The number of rotatable bonds is 7. The van der Waals surface area contributed by atoms with Gasteiger partial charge in [-0.25, -0.2) is 0 Å². The Labute approximate surface area is 145 Å². The summed E-state index contributed by atoms with van der Waals surface area (Å²) in [6.07, 6.45) is 8.55. The van der Waals surface area contributed by atoms with E-state index in [1.54, 1.807) is 0 Å². The monoisotopic (exact) mass is 326 g/mol. The van der Waals surface area contributed by atoms with Gasteiger partial charge in [0.05, 0.1) is 12.2 Å². The molecule has 0 spiro atoms. The Morgan fingerprint density at radius 2 is 1.30 bits per heavy atom. The van der Waals surface area contributed by atoms with Gasteiger partial charge in [-0.2, -0.15) is 0 Å². The third-order valence-corrected chi connectivity index (χ3v) is 5.68. The highest BCUT2D eigenvalue weighted by Gasteiger charge is 2.46. The molecule has 23 heavy (non-hydrogen) atoms. The fraction of sp³-hybridized carbons (Fsp3) is 1.00. The van der Waals surface area contributed by atoms with Crippen LogP contribution in [-0.2, 0) is 4.74 Å². The van der Waals surface area contributed by atoms with E-state index in [1.807, 2.05) is 0 Å². The Kier molecular flexibility index (Phi) is 8.07. The van der Waals surface area contributed by atoms with Crippen LogP contribution < -0.4 is 0 Å². The minimum Gasteiger partial charge on any atom is -0.393 e. The van der Waals surface area contributed by atoms with E-state index in [0.717, 1.165) is 19.4 Å². The van der Waals surface area contributed by atoms with Crippen molar-refractivity contribution in [3.63, 3.8) is 0 Å². The van der Waals surface area contributed by atoms with Gasteiger partial charge in [-0.3, -0.25) is 0 Å². The molecule has 0 aromatic heterocycles. The maximum absolute atomic E-state index is 10.9. The SMILES string of the molecule is CCCCCCCOC1CC(C(C)(C)C)C(O)C(C(C)(C)C)C1. The first-order chi connectivity index (χ1) is 10.6. The highest BCUT2D eigenvalue weighted by molar-refractivity contribution is 4.96. The highest BCUT2D eigenvalue weighted by Crippen LogP contribution is 2.47. The zero-order valence-corrected chi connectivity index (χ0v) is 16.8. The normalized spacial score (nSPS) is 29.7. The van der Waals surface area contributed by atoms with Crippen molar-refractivity contribution in [1.82, 2.24) is 0 Å². The fourth-order valence-electron chi connectivity index (χ4n) is 4.05. The van der Waals surface area contributed by atoms with Crippen LogP contribution >= 0.6 is 0 Å². The van der Waals surface area contributed by atoms with E-state index in [4.69, 9.17) is 4.74 Å². The largest absolute Gasteiger partial charge is 0.393 e. The minimum absolute atomic E-state index is 0.131. The topological polar surface area (TPSA) is 29.5 Å². The molecule has 0 bridgehead atoms. The summed E-state index contributed by atoms with van der Waals surface area (Å²) in [4.78, 5) is 0. The molecule has 2 atom stereocenters. The molecule has 0 aliphatic heterocycles. The smallest absolute Gasteiger partial charge is 0.0608 e. The van der Waals surface area contributed by atoms with Crippen LogP contribution in [0.3, 0.4) is 0 Å². The van der Waals surface area contributed by atoms with Gasteiger partial charge in [0.1, 0.15) is 0 Å². The molecule has 2 unspecified atom stereocenters. The number of hydrogen-bond acceptors (Lipinski definition) is 2. The lowest BCUT2D eigenvalue weighted by Crippen LogP contribution is -2.49. The Hall–Kier alpha value is -0.0800. The van der Waals surface area contributed by atoms with Gasteiger partial charge in [-0.05, 0) is 41.9 Å². The molecule has 1 rings (SSSR count). The lowest BCUT2D eigenvalue weighted by Gasteiger charge is -2.49. The van der Waals surface area contributed by atoms with E-state index in [0.29, 0.717) is 17.9 Å². The van der Waals surface area contributed by atoms with Crippen LogP contribution in [0, 0.1) is 22.7 Å². The number of hydrogen-bond donors (Lipinski definition) is 1. The minimum atomic E-state index is -0.209. The van der Waals surface area contributed by atoms with Crippen molar-refractivity contribution in [1.29, 1.82) is 0 Å². The molecular weight excluding hydrogens is 284 g/mol. The van der Waals surface area contributed by atoms with Gasteiger partial charge in [-0.15, -0.1) is 0 Å².